The highest BCUT2D eigenvalue weighted by molar-refractivity contribution is 5.63. The molecule has 0 spiro atoms. The van der Waals surface area contributed by atoms with Crippen LogP contribution in [0.2, 0.25) is 0 Å². The molecule has 1 aromatic carbocycles. The largest absolute Gasteiger partial charge is 0.399 e. The monoisotopic (exact) mass is 261 g/mol. The SMILES string of the molecule is CCOC(C)(C)c1noc(-c2cc(N)ccc2C)n1. The Morgan fingerprint density at radius 2 is 2.11 bits per heavy atom. The van der Waals surface area contributed by atoms with Gasteiger partial charge in [-0.2, -0.15) is 4.98 Å². The van der Waals surface area contributed by atoms with Crippen molar-refractivity contribution in [2.45, 2.75) is 33.3 Å². The minimum absolute atomic E-state index is 0.465. The predicted octanol–water partition coefficient (Wildman–Crippen LogP) is 2.90. The van der Waals surface area contributed by atoms with Crippen molar-refractivity contribution in [3.05, 3.63) is 29.6 Å². The summed E-state index contributed by atoms with van der Waals surface area (Å²) in [6, 6.07) is 5.61. The molecular weight excluding hydrogens is 242 g/mol. The molecule has 0 aliphatic rings. The number of aryl methyl sites for hydroxylation is 1. The lowest BCUT2D eigenvalue weighted by atomic mass is 10.1. The highest BCUT2D eigenvalue weighted by Gasteiger charge is 2.27. The summed E-state index contributed by atoms with van der Waals surface area (Å²) in [6.07, 6.45) is 0. The predicted molar refractivity (Wildman–Crippen MR) is 73.5 cm³/mol. The lowest BCUT2D eigenvalue weighted by Gasteiger charge is -2.19. The molecule has 1 aromatic heterocycles. The summed E-state index contributed by atoms with van der Waals surface area (Å²) < 4.78 is 10.9. The summed E-state index contributed by atoms with van der Waals surface area (Å²) in [5.74, 6) is 0.999. The van der Waals surface area contributed by atoms with Crippen molar-refractivity contribution in [1.82, 2.24) is 10.1 Å². The van der Waals surface area contributed by atoms with Gasteiger partial charge in [-0.25, -0.2) is 0 Å². The van der Waals surface area contributed by atoms with Crippen LogP contribution in [-0.4, -0.2) is 16.7 Å². The number of anilines is 1. The van der Waals surface area contributed by atoms with Crippen molar-refractivity contribution in [3.63, 3.8) is 0 Å². The Balaban J connectivity index is 2.38. The zero-order chi connectivity index (χ0) is 14.0. The van der Waals surface area contributed by atoms with Crippen molar-refractivity contribution in [2.24, 2.45) is 0 Å². The molecule has 0 fully saturated rings. The van der Waals surface area contributed by atoms with Gasteiger partial charge >= 0.3 is 0 Å². The van der Waals surface area contributed by atoms with Crippen LogP contribution in [0.4, 0.5) is 5.69 Å². The van der Waals surface area contributed by atoms with Crippen LogP contribution < -0.4 is 5.73 Å². The molecule has 5 heteroatoms. The highest BCUT2D eigenvalue weighted by Crippen LogP contribution is 2.28. The van der Waals surface area contributed by atoms with Gasteiger partial charge in [-0.3, -0.25) is 0 Å². The second-order valence-corrected chi connectivity index (χ2v) is 4.94. The molecule has 1 heterocycles. The van der Waals surface area contributed by atoms with Gasteiger partial charge in [0.1, 0.15) is 5.60 Å². The first kappa shape index (κ1) is 13.5. The van der Waals surface area contributed by atoms with E-state index in [0.717, 1.165) is 11.1 Å². The Kier molecular flexibility index (Phi) is 3.57. The quantitative estimate of drug-likeness (QED) is 0.856. The third-order valence-electron chi connectivity index (χ3n) is 2.96. The summed E-state index contributed by atoms with van der Waals surface area (Å²) >= 11 is 0. The number of nitrogens with zero attached hydrogens (tertiary/aromatic N) is 2. The Morgan fingerprint density at radius 3 is 2.79 bits per heavy atom. The first-order chi connectivity index (χ1) is 8.94. The van der Waals surface area contributed by atoms with Gasteiger partial charge in [-0.15, -0.1) is 0 Å². The van der Waals surface area contributed by atoms with E-state index in [4.69, 9.17) is 15.0 Å². The molecular formula is C14H19N3O2. The smallest absolute Gasteiger partial charge is 0.258 e. The maximum atomic E-state index is 5.79. The zero-order valence-corrected chi connectivity index (χ0v) is 11.7. The summed E-state index contributed by atoms with van der Waals surface area (Å²) in [6.45, 7) is 8.33. The van der Waals surface area contributed by atoms with Gasteiger partial charge in [-0.1, -0.05) is 11.2 Å². The molecule has 102 valence electrons. The molecule has 19 heavy (non-hydrogen) atoms. The molecule has 2 rings (SSSR count). The number of aromatic nitrogens is 2. The van der Waals surface area contributed by atoms with E-state index < -0.39 is 5.60 Å². The summed E-state index contributed by atoms with van der Waals surface area (Å²) in [5, 5.41) is 4.00. The fourth-order valence-corrected chi connectivity index (χ4v) is 1.87. The maximum absolute atomic E-state index is 5.79. The van der Waals surface area contributed by atoms with Gasteiger partial charge in [0.15, 0.2) is 0 Å². The zero-order valence-electron chi connectivity index (χ0n) is 11.7. The summed E-state index contributed by atoms with van der Waals surface area (Å²) in [4.78, 5) is 4.41. The van der Waals surface area contributed by atoms with E-state index in [2.05, 4.69) is 10.1 Å². The van der Waals surface area contributed by atoms with Gasteiger partial charge in [0.05, 0.1) is 0 Å². The average molecular weight is 261 g/mol. The number of nitrogen functional groups attached to an aromatic ring is 1. The normalized spacial score (nSPS) is 11.8. The Bertz CT molecular complexity index is 576. The molecule has 0 aliphatic heterocycles. The van der Waals surface area contributed by atoms with Gasteiger partial charge in [0.25, 0.3) is 5.89 Å². The van der Waals surface area contributed by atoms with Gasteiger partial charge in [-0.05, 0) is 45.4 Å². The van der Waals surface area contributed by atoms with Gasteiger partial charge in [0, 0.05) is 17.9 Å². The molecule has 0 saturated carbocycles. The Hall–Kier alpha value is -1.88. The molecule has 0 radical (unpaired) electrons. The third kappa shape index (κ3) is 2.76. The van der Waals surface area contributed by atoms with E-state index in [0.29, 0.717) is 24.0 Å². The van der Waals surface area contributed by atoms with Crippen LogP contribution in [0.3, 0.4) is 0 Å². The van der Waals surface area contributed by atoms with E-state index in [1.807, 2.05) is 45.9 Å². The lowest BCUT2D eigenvalue weighted by molar-refractivity contribution is -0.0221. The standard InChI is InChI=1S/C14H19N3O2/c1-5-18-14(3,4)13-16-12(19-17-13)11-8-10(15)7-6-9(11)2/h6-8H,5,15H2,1-4H3. The third-order valence-corrected chi connectivity index (χ3v) is 2.96. The van der Waals surface area contributed by atoms with Crippen molar-refractivity contribution >= 4 is 5.69 Å². The minimum Gasteiger partial charge on any atom is -0.399 e. The van der Waals surface area contributed by atoms with Gasteiger partial charge in [0.2, 0.25) is 5.82 Å². The topological polar surface area (TPSA) is 74.2 Å². The number of benzene rings is 1. The Labute approximate surface area is 112 Å². The number of hydrogen-bond acceptors (Lipinski definition) is 5. The maximum Gasteiger partial charge on any atom is 0.258 e. The average Bonchev–Trinajstić information content (AvgIpc) is 2.82. The number of nitrogens with two attached hydrogens (primary N) is 1. The van der Waals surface area contributed by atoms with Crippen molar-refractivity contribution < 1.29 is 9.26 Å². The van der Waals surface area contributed by atoms with Crippen LogP contribution in [0.5, 0.6) is 0 Å². The van der Waals surface area contributed by atoms with E-state index in [-0.39, 0.29) is 0 Å². The molecule has 2 aromatic rings. The Morgan fingerprint density at radius 1 is 1.37 bits per heavy atom. The summed E-state index contributed by atoms with van der Waals surface area (Å²) in [7, 11) is 0. The number of rotatable bonds is 4. The first-order valence-electron chi connectivity index (χ1n) is 6.28. The fraction of sp³-hybridized carbons (Fsp3) is 0.429. The van der Waals surface area contributed by atoms with E-state index in [1.54, 1.807) is 0 Å². The lowest BCUT2D eigenvalue weighted by Crippen LogP contribution is -2.23. The van der Waals surface area contributed by atoms with Crippen molar-refractivity contribution in [3.8, 4) is 11.5 Å². The van der Waals surface area contributed by atoms with Gasteiger partial charge < -0.3 is 15.0 Å². The van der Waals surface area contributed by atoms with Crippen LogP contribution in [-0.2, 0) is 10.3 Å². The minimum atomic E-state index is -0.565. The first-order valence-corrected chi connectivity index (χ1v) is 6.28. The van der Waals surface area contributed by atoms with Crippen LogP contribution in [0, 0.1) is 6.92 Å². The van der Waals surface area contributed by atoms with Crippen LogP contribution in [0.25, 0.3) is 11.5 Å². The molecule has 2 N–H and O–H groups in total. The highest BCUT2D eigenvalue weighted by atomic mass is 16.5. The summed E-state index contributed by atoms with van der Waals surface area (Å²) in [5.41, 5.74) is 7.79. The molecule has 0 bridgehead atoms. The van der Waals surface area contributed by atoms with Crippen LogP contribution >= 0.6 is 0 Å². The van der Waals surface area contributed by atoms with Crippen LogP contribution in [0.1, 0.15) is 32.2 Å². The van der Waals surface area contributed by atoms with Crippen LogP contribution in [0.15, 0.2) is 22.7 Å². The second kappa shape index (κ2) is 5.01. The fourth-order valence-electron chi connectivity index (χ4n) is 1.87. The van der Waals surface area contributed by atoms with E-state index >= 15 is 0 Å². The van der Waals surface area contributed by atoms with E-state index in [9.17, 15) is 0 Å². The molecule has 5 nitrogen and oxygen atoms in total. The number of hydrogen-bond donors (Lipinski definition) is 1. The molecule has 0 unspecified atom stereocenters. The van der Waals surface area contributed by atoms with Crippen molar-refractivity contribution in [2.75, 3.05) is 12.3 Å². The molecule has 0 saturated heterocycles. The molecule has 0 atom stereocenters. The number of ether oxygens (including phenoxy) is 1. The van der Waals surface area contributed by atoms with Crippen molar-refractivity contribution in [1.29, 1.82) is 0 Å². The second-order valence-electron chi connectivity index (χ2n) is 4.94. The van der Waals surface area contributed by atoms with E-state index in [1.165, 1.54) is 0 Å². The molecule has 0 amide bonds. The molecule has 0 aliphatic carbocycles.